The standard InChI is InChI=1S/C17H31N3O/c1-12(2)20-15-6-7-16(20)11-19(9-8-15)17(21)18-10-13(3)14-4-5-14/h12-16H,4-11H2,1-3H3,(H,18,21)/t13-,15-,16+/m1/s1. The smallest absolute Gasteiger partial charge is 0.317 e. The summed E-state index contributed by atoms with van der Waals surface area (Å²) < 4.78 is 0. The summed E-state index contributed by atoms with van der Waals surface area (Å²) in [5.41, 5.74) is 0. The minimum atomic E-state index is 0.166. The predicted molar refractivity (Wildman–Crippen MR) is 85.3 cm³/mol. The molecule has 0 aromatic heterocycles. The lowest BCUT2D eigenvalue weighted by molar-refractivity contribution is 0.147. The Morgan fingerprint density at radius 1 is 1.10 bits per heavy atom. The number of nitrogens with zero attached hydrogens (tertiary/aromatic N) is 2. The summed E-state index contributed by atoms with van der Waals surface area (Å²) in [6.45, 7) is 9.54. The number of likely N-dealkylation sites (tertiary alicyclic amines) is 1. The lowest BCUT2D eigenvalue weighted by atomic mass is 10.1. The van der Waals surface area contributed by atoms with E-state index in [9.17, 15) is 4.79 Å². The fourth-order valence-electron chi connectivity index (χ4n) is 4.33. The highest BCUT2D eigenvalue weighted by Crippen LogP contribution is 2.36. The van der Waals surface area contributed by atoms with Crippen LogP contribution in [0.3, 0.4) is 0 Å². The fraction of sp³-hybridized carbons (Fsp3) is 0.941. The van der Waals surface area contributed by atoms with E-state index in [1.54, 1.807) is 0 Å². The molecule has 3 fully saturated rings. The second kappa shape index (κ2) is 6.15. The molecule has 1 N–H and O–H groups in total. The van der Waals surface area contributed by atoms with Crippen LogP contribution in [0.1, 0.15) is 52.9 Å². The summed E-state index contributed by atoms with van der Waals surface area (Å²) in [6, 6.07) is 2.03. The molecule has 4 heteroatoms. The molecule has 0 spiro atoms. The van der Waals surface area contributed by atoms with Gasteiger partial charge in [0.1, 0.15) is 0 Å². The average Bonchev–Trinajstić information content (AvgIpc) is 3.21. The van der Waals surface area contributed by atoms with Crippen molar-refractivity contribution in [2.45, 2.75) is 71.0 Å². The molecule has 3 aliphatic rings. The quantitative estimate of drug-likeness (QED) is 0.865. The van der Waals surface area contributed by atoms with Crippen molar-refractivity contribution in [3.63, 3.8) is 0 Å². The number of rotatable bonds is 4. The molecule has 2 saturated heterocycles. The van der Waals surface area contributed by atoms with E-state index in [1.807, 2.05) is 0 Å². The molecule has 0 unspecified atom stereocenters. The summed E-state index contributed by atoms with van der Waals surface area (Å²) >= 11 is 0. The third-order valence-electron chi connectivity index (χ3n) is 5.73. The molecule has 2 aliphatic heterocycles. The van der Waals surface area contributed by atoms with Gasteiger partial charge in [-0.05, 0) is 57.8 Å². The molecule has 2 heterocycles. The molecule has 1 saturated carbocycles. The van der Waals surface area contributed by atoms with Crippen molar-refractivity contribution in [2.24, 2.45) is 11.8 Å². The van der Waals surface area contributed by atoms with Crippen molar-refractivity contribution in [2.75, 3.05) is 19.6 Å². The van der Waals surface area contributed by atoms with Gasteiger partial charge in [0, 0.05) is 37.8 Å². The molecule has 2 bridgehead atoms. The SMILES string of the molecule is CC(C)N1[C@@H]2CC[C@H]1CN(C(=O)NC[C@@H](C)C1CC1)CC2. The second-order valence-electron chi connectivity index (χ2n) is 7.66. The number of carbonyl (C=O) groups excluding carboxylic acids is 1. The molecule has 2 amide bonds. The summed E-state index contributed by atoms with van der Waals surface area (Å²) in [6.07, 6.45) is 6.42. The first-order valence-corrected chi connectivity index (χ1v) is 8.86. The Hall–Kier alpha value is -0.770. The van der Waals surface area contributed by atoms with Crippen LogP contribution >= 0.6 is 0 Å². The lowest BCUT2D eigenvalue weighted by Gasteiger charge is -2.32. The molecular weight excluding hydrogens is 262 g/mol. The summed E-state index contributed by atoms with van der Waals surface area (Å²) in [5.74, 6) is 1.51. The molecule has 21 heavy (non-hydrogen) atoms. The van der Waals surface area contributed by atoms with Gasteiger partial charge in [0.2, 0.25) is 0 Å². The Labute approximate surface area is 129 Å². The predicted octanol–water partition coefficient (Wildman–Crippen LogP) is 2.69. The second-order valence-corrected chi connectivity index (χ2v) is 7.66. The van der Waals surface area contributed by atoms with Crippen LogP contribution in [-0.2, 0) is 0 Å². The van der Waals surface area contributed by atoms with Crippen molar-refractivity contribution in [3.05, 3.63) is 0 Å². The Morgan fingerprint density at radius 2 is 1.81 bits per heavy atom. The van der Waals surface area contributed by atoms with Crippen molar-refractivity contribution in [1.82, 2.24) is 15.1 Å². The number of hydrogen-bond acceptors (Lipinski definition) is 2. The highest BCUT2D eigenvalue weighted by Gasteiger charge is 2.39. The van der Waals surface area contributed by atoms with Crippen LogP contribution in [0.4, 0.5) is 4.79 Å². The lowest BCUT2D eigenvalue weighted by Crippen LogP contribution is -2.47. The third-order valence-corrected chi connectivity index (χ3v) is 5.73. The van der Waals surface area contributed by atoms with Gasteiger partial charge in [0.25, 0.3) is 0 Å². The Bertz CT molecular complexity index is 380. The van der Waals surface area contributed by atoms with Gasteiger partial charge in [-0.25, -0.2) is 4.79 Å². The number of hydrogen-bond donors (Lipinski definition) is 1. The van der Waals surface area contributed by atoms with E-state index >= 15 is 0 Å². The van der Waals surface area contributed by atoms with E-state index in [-0.39, 0.29) is 6.03 Å². The van der Waals surface area contributed by atoms with E-state index in [2.05, 4.69) is 35.9 Å². The minimum absolute atomic E-state index is 0.166. The Balaban J connectivity index is 1.53. The third kappa shape index (κ3) is 3.36. The highest BCUT2D eigenvalue weighted by molar-refractivity contribution is 5.74. The van der Waals surface area contributed by atoms with Crippen LogP contribution in [0.2, 0.25) is 0 Å². The summed E-state index contributed by atoms with van der Waals surface area (Å²) in [5, 5.41) is 3.17. The zero-order valence-electron chi connectivity index (χ0n) is 13.8. The van der Waals surface area contributed by atoms with Gasteiger partial charge in [-0.2, -0.15) is 0 Å². The molecule has 3 atom stereocenters. The largest absolute Gasteiger partial charge is 0.338 e. The Kier molecular flexibility index (Phi) is 4.43. The number of carbonyl (C=O) groups is 1. The first-order chi connectivity index (χ1) is 10.1. The van der Waals surface area contributed by atoms with Gasteiger partial charge >= 0.3 is 6.03 Å². The number of urea groups is 1. The molecule has 4 nitrogen and oxygen atoms in total. The minimum Gasteiger partial charge on any atom is -0.338 e. The maximum absolute atomic E-state index is 12.4. The van der Waals surface area contributed by atoms with Crippen molar-refractivity contribution < 1.29 is 4.79 Å². The number of fused-ring (bicyclic) bond motifs is 2. The fourth-order valence-corrected chi connectivity index (χ4v) is 4.33. The molecule has 3 rings (SSSR count). The van der Waals surface area contributed by atoms with Gasteiger partial charge in [-0.3, -0.25) is 4.90 Å². The first-order valence-electron chi connectivity index (χ1n) is 8.86. The van der Waals surface area contributed by atoms with Crippen LogP contribution in [0.25, 0.3) is 0 Å². The van der Waals surface area contributed by atoms with Gasteiger partial charge < -0.3 is 10.2 Å². The zero-order chi connectivity index (χ0) is 15.0. The topological polar surface area (TPSA) is 35.6 Å². The van der Waals surface area contributed by atoms with Gasteiger partial charge in [0.05, 0.1) is 0 Å². The van der Waals surface area contributed by atoms with Gasteiger partial charge in [0.15, 0.2) is 0 Å². The van der Waals surface area contributed by atoms with Crippen molar-refractivity contribution in [1.29, 1.82) is 0 Å². The maximum atomic E-state index is 12.4. The number of amides is 2. The van der Waals surface area contributed by atoms with E-state index in [1.165, 1.54) is 25.7 Å². The monoisotopic (exact) mass is 293 g/mol. The van der Waals surface area contributed by atoms with Crippen LogP contribution in [0.5, 0.6) is 0 Å². The summed E-state index contributed by atoms with van der Waals surface area (Å²) in [4.78, 5) is 17.2. The molecule has 0 aromatic carbocycles. The first kappa shape index (κ1) is 15.1. The van der Waals surface area contributed by atoms with Crippen LogP contribution < -0.4 is 5.32 Å². The van der Waals surface area contributed by atoms with Gasteiger partial charge in [-0.1, -0.05) is 6.92 Å². The van der Waals surface area contributed by atoms with E-state index in [0.29, 0.717) is 24.0 Å². The van der Waals surface area contributed by atoms with Crippen LogP contribution in [-0.4, -0.2) is 53.6 Å². The number of nitrogens with one attached hydrogen (secondary N) is 1. The van der Waals surface area contributed by atoms with Gasteiger partial charge in [-0.15, -0.1) is 0 Å². The van der Waals surface area contributed by atoms with Crippen molar-refractivity contribution in [3.8, 4) is 0 Å². The van der Waals surface area contributed by atoms with Crippen LogP contribution in [0, 0.1) is 11.8 Å². The molecule has 1 aliphatic carbocycles. The van der Waals surface area contributed by atoms with E-state index in [0.717, 1.165) is 32.0 Å². The van der Waals surface area contributed by atoms with Crippen LogP contribution in [0.15, 0.2) is 0 Å². The Morgan fingerprint density at radius 3 is 2.48 bits per heavy atom. The average molecular weight is 293 g/mol. The normalized spacial score (nSPS) is 31.3. The molecular formula is C17H31N3O. The summed E-state index contributed by atoms with van der Waals surface area (Å²) in [7, 11) is 0. The molecule has 0 radical (unpaired) electrons. The highest BCUT2D eigenvalue weighted by atomic mass is 16.2. The van der Waals surface area contributed by atoms with E-state index < -0.39 is 0 Å². The zero-order valence-corrected chi connectivity index (χ0v) is 13.8. The van der Waals surface area contributed by atoms with Crippen molar-refractivity contribution >= 4 is 6.03 Å². The molecule has 120 valence electrons. The molecule has 0 aromatic rings. The van der Waals surface area contributed by atoms with E-state index in [4.69, 9.17) is 0 Å². The maximum Gasteiger partial charge on any atom is 0.317 e.